The van der Waals surface area contributed by atoms with E-state index in [1.807, 2.05) is 37.3 Å². The molecule has 1 heterocycles. The van der Waals surface area contributed by atoms with Gasteiger partial charge in [0.25, 0.3) is 0 Å². The zero-order valence-corrected chi connectivity index (χ0v) is 11.2. The third-order valence-electron chi connectivity index (χ3n) is 3.08. The van der Waals surface area contributed by atoms with Crippen molar-refractivity contribution in [2.75, 3.05) is 6.61 Å². The quantitative estimate of drug-likeness (QED) is 0.864. The number of hydrogen-bond acceptors (Lipinski definition) is 3. The summed E-state index contributed by atoms with van der Waals surface area (Å²) in [6.45, 7) is 2.65. The summed E-state index contributed by atoms with van der Waals surface area (Å²) in [5.41, 5.74) is 8.64. The first-order chi connectivity index (χ1) is 9.31. The standard InChI is InChI=1S/C16H20N2O/c1-2-19-16(14-6-4-3-5-7-14)15(17)12-13-8-10-18-11-9-13/h3-11,15-16H,2,12,17H2,1H3. The normalized spacial score (nSPS) is 14.0. The second kappa shape index (κ2) is 7.02. The molecule has 1 aromatic carbocycles. The molecule has 2 atom stereocenters. The Bertz CT molecular complexity index is 473. The van der Waals surface area contributed by atoms with E-state index in [1.54, 1.807) is 12.4 Å². The maximum atomic E-state index is 6.32. The predicted molar refractivity (Wildman–Crippen MR) is 76.7 cm³/mol. The van der Waals surface area contributed by atoms with Crippen molar-refractivity contribution in [1.29, 1.82) is 0 Å². The second-order valence-corrected chi connectivity index (χ2v) is 4.51. The van der Waals surface area contributed by atoms with Gasteiger partial charge in [0, 0.05) is 25.0 Å². The molecule has 2 unspecified atom stereocenters. The lowest BCUT2D eigenvalue weighted by atomic mass is 9.97. The maximum absolute atomic E-state index is 6.32. The van der Waals surface area contributed by atoms with E-state index in [-0.39, 0.29) is 12.1 Å². The Labute approximate surface area is 114 Å². The summed E-state index contributed by atoms with van der Waals surface area (Å²) in [5.74, 6) is 0. The zero-order chi connectivity index (χ0) is 13.5. The molecular formula is C16H20N2O. The minimum Gasteiger partial charge on any atom is -0.372 e. The minimum absolute atomic E-state index is 0.0650. The van der Waals surface area contributed by atoms with Gasteiger partial charge in [-0.05, 0) is 36.6 Å². The molecule has 2 rings (SSSR count). The molecule has 3 nitrogen and oxygen atoms in total. The fourth-order valence-electron chi connectivity index (χ4n) is 2.19. The first-order valence-corrected chi connectivity index (χ1v) is 6.62. The minimum atomic E-state index is -0.0700. The van der Waals surface area contributed by atoms with E-state index in [4.69, 9.17) is 10.5 Å². The van der Waals surface area contributed by atoms with E-state index in [9.17, 15) is 0 Å². The van der Waals surface area contributed by atoms with Crippen LogP contribution in [0.2, 0.25) is 0 Å². The van der Waals surface area contributed by atoms with E-state index in [0.29, 0.717) is 6.61 Å². The SMILES string of the molecule is CCOC(c1ccccc1)C(N)Cc1ccncc1. The highest BCUT2D eigenvalue weighted by Crippen LogP contribution is 2.22. The molecule has 0 amide bonds. The summed E-state index contributed by atoms with van der Waals surface area (Å²) in [4.78, 5) is 4.02. The van der Waals surface area contributed by atoms with Crippen molar-refractivity contribution in [3.8, 4) is 0 Å². The summed E-state index contributed by atoms with van der Waals surface area (Å²) in [5, 5.41) is 0. The first-order valence-electron chi connectivity index (χ1n) is 6.62. The van der Waals surface area contributed by atoms with Crippen LogP contribution < -0.4 is 5.73 Å². The van der Waals surface area contributed by atoms with Crippen molar-refractivity contribution < 1.29 is 4.74 Å². The highest BCUT2D eigenvalue weighted by Gasteiger charge is 2.20. The van der Waals surface area contributed by atoms with Crippen molar-refractivity contribution >= 4 is 0 Å². The van der Waals surface area contributed by atoms with Crippen LogP contribution >= 0.6 is 0 Å². The maximum Gasteiger partial charge on any atom is 0.0978 e. The molecule has 0 saturated carbocycles. The largest absolute Gasteiger partial charge is 0.372 e. The fraction of sp³-hybridized carbons (Fsp3) is 0.312. The van der Waals surface area contributed by atoms with Crippen molar-refractivity contribution in [3.63, 3.8) is 0 Å². The Balaban J connectivity index is 2.11. The molecule has 0 spiro atoms. The van der Waals surface area contributed by atoms with E-state index in [0.717, 1.165) is 12.0 Å². The Hall–Kier alpha value is -1.71. The number of benzene rings is 1. The molecule has 2 aromatic rings. The van der Waals surface area contributed by atoms with Gasteiger partial charge in [-0.15, -0.1) is 0 Å². The Morgan fingerprint density at radius 2 is 1.79 bits per heavy atom. The Morgan fingerprint density at radius 1 is 1.11 bits per heavy atom. The molecule has 0 aliphatic rings. The van der Waals surface area contributed by atoms with Crippen LogP contribution in [0.4, 0.5) is 0 Å². The van der Waals surface area contributed by atoms with Crippen LogP contribution in [0.3, 0.4) is 0 Å². The predicted octanol–water partition coefficient (Wildman–Crippen LogP) is 2.73. The van der Waals surface area contributed by atoms with Gasteiger partial charge in [-0.25, -0.2) is 0 Å². The fourth-order valence-corrected chi connectivity index (χ4v) is 2.19. The van der Waals surface area contributed by atoms with Gasteiger partial charge >= 0.3 is 0 Å². The molecule has 0 radical (unpaired) electrons. The van der Waals surface area contributed by atoms with Crippen LogP contribution in [0.5, 0.6) is 0 Å². The number of rotatable bonds is 6. The van der Waals surface area contributed by atoms with E-state index < -0.39 is 0 Å². The van der Waals surface area contributed by atoms with Gasteiger partial charge in [0.15, 0.2) is 0 Å². The number of nitrogens with two attached hydrogens (primary N) is 1. The number of nitrogens with zero attached hydrogens (tertiary/aromatic N) is 1. The summed E-state index contributed by atoms with van der Waals surface area (Å²) >= 11 is 0. The third-order valence-corrected chi connectivity index (χ3v) is 3.08. The highest BCUT2D eigenvalue weighted by atomic mass is 16.5. The first kappa shape index (κ1) is 13.7. The van der Waals surface area contributed by atoms with Gasteiger partial charge < -0.3 is 10.5 Å². The average molecular weight is 256 g/mol. The molecule has 2 N–H and O–H groups in total. The number of hydrogen-bond donors (Lipinski definition) is 1. The molecule has 3 heteroatoms. The van der Waals surface area contributed by atoms with Gasteiger partial charge in [-0.2, -0.15) is 0 Å². The molecule has 19 heavy (non-hydrogen) atoms. The van der Waals surface area contributed by atoms with Crippen LogP contribution in [-0.2, 0) is 11.2 Å². The average Bonchev–Trinajstić information content (AvgIpc) is 2.46. The van der Waals surface area contributed by atoms with Gasteiger partial charge in [-0.3, -0.25) is 4.98 Å². The van der Waals surface area contributed by atoms with Crippen LogP contribution in [0.1, 0.15) is 24.2 Å². The van der Waals surface area contributed by atoms with Crippen LogP contribution in [0.25, 0.3) is 0 Å². The van der Waals surface area contributed by atoms with Crippen molar-refractivity contribution in [2.24, 2.45) is 5.73 Å². The van der Waals surface area contributed by atoms with E-state index in [1.165, 1.54) is 5.56 Å². The molecule has 0 saturated heterocycles. The summed E-state index contributed by atoms with van der Waals surface area (Å²) in [7, 11) is 0. The number of ether oxygens (including phenoxy) is 1. The van der Waals surface area contributed by atoms with Gasteiger partial charge in [-0.1, -0.05) is 30.3 Å². The van der Waals surface area contributed by atoms with Crippen molar-refractivity contribution in [1.82, 2.24) is 4.98 Å². The van der Waals surface area contributed by atoms with Crippen LogP contribution in [0, 0.1) is 0 Å². The van der Waals surface area contributed by atoms with Crippen LogP contribution in [0.15, 0.2) is 54.9 Å². The monoisotopic (exact) mass is 256 g/mol. The van der Waals surface area contributed by atoms with E-state index >= 15 is 0 Å². The summed E-state index contributed by atoms with van der Waals surface area (Å²) < 4.78 is 5.82. The lowest BCUT2D eigenvalue weighted by Gasteiger charge is -2.24. The van der Waals surface area contributed by atoms with Gasteiger partial charge in [0.05, 0.1) is 6.10 Å². The third kappa shape index (κ3) is 3.88. The van der Waals surface area contributed by atoms with Crippen LogP contribution in [-0.4, -0.2) is 17.6 Å². The van der Waals surface area contributed by atoms with Gasteiger partial charge in [0.1, 0.15) is 0 Å². The van der Waals surface area contributed by atoms with Gasteiger partial charge in [0.2, 0.25) is 0 Å². The molecule has 100 valence electrons. The molecular weight excluding hydrogens is 236 g/mol. The molecule has 0 bridgehead atoms. The smallest absolute Gasteiger partial charge is 0.0978 e. The lowest BCUT2D eigenvalue weighted by molar-refractivity contribution is 0.0433. The Morgan fingerprint density at radius 3 is 2.42 bits per heavy atom. The lowest BCUT2D eigenvalue weighted by Crippen LogP contribution is -2.32. The van der Waals surface area contributed by atoms with Crippen molar-refractivity contribution in [3.05, 3.63) is 66.0 Å². The number of pyridine rings is 1. The molecule has 0 aliphatic carbocycles. The molecule has 0 fully saturated rings. The topological polar surface area (TPSA) is 48.1 Å². The summed E-state index contributed by atoms with van der Waals surface area (Å²) in [6, 6.07) is 14.1. The zero-order valence-electron chi connectivity index (χ0n) is 11.2. The van der Waals surface area contributed by atoms with Crippen molar-refractivity contribution in [2.45, 2.75) is 25.5 Å². The molecule has 0 aliphatic heterocycles. The summed E-state index contributed by atoms with van der Waals surface area (Å²) in [6.07, 6.45) is 4.29. The number of aromatic nitrogens is 1. The molecule has 1 aromatic heterocycles. The van der Waals surface area contributed by atoms with E-state index in [2.05, 4.69) is 17.1 Å². The Kier molecular flexibility index (Phi) is 5.07. The second-order valence-electron chi connectivity index (χ2n) is 4.51. The highest BCUT2D eigenvalue weighted by molar-refractivity contribution is 5.21.